The number of methoxy groups -OCH3 is 1. The van der Waals surface area contributed by atoms with Crippen LogP contribution in [-0.2, 0) is 9.53 Å². The van der Waals surface area contributed by atoms with Gasteiger partial charge in [0.25, 0.3) is 0 Å². The third kappa shape index (κ3) is 3.77. The van der Waals surface area contributed by atoms with E-state index in [0.29, 0.717) is 11.3 Å². The maximum atomic E-state index is 11.9. The molecule has 0 aliphatic rings. The van der Waals surface area contributed by atoms with Crippen molar-refractivity contribution in [1.29, 1.82) is 5.26 Å². The molecule has 0 fully saturated rings. The molecule has 1 unspecified atom stereocenters. The summed E-state index contributed by atoms with van der Waals surface area (Å²) in [6.07, 6.45) is 0. The average Bonchev–Trinajstić information content (AvgIpc) is 2.28. The molecule has 0 bridgehead atoms. The first-order valence-corrected chi connectivity index (χ1v) is 5.64. The van der Waals surface area contributed by atoms with Crippen molar-refractivity contribution in [3.05, 3.63) is 29.8 Å². The highest BCUT2D eigenvalue weighted by molar-refractivity contribution is 5.81. The van der Waals surface area contributed by atoms with Crippen LogP contribution < -0.4 is 4.74 Å². The second-order valence-electron chi connectivity index (χ2n) is 4.87. The van der Waals surface area contributed by atoms with Crippen LogP contribution >= 0.6 is 0 Å². The number of esters is 1. The van der Waals surface area contributed by atoms with E-state index in [1.165, 1.54) is 0 Å². The zero-order valence-corrected chi connectivity index (χ0v) is 11.1. The summed E-state index contributed by atoms with van der Waals surface area (Å²) in [7, 11) is 1.56. The van der Waals surface area contributed by atoms with E-state index in [4.69, 9.17) is 14.7 Å². The second kappa shape index (κ2) is 5.54. The lowest BCUT2D eigenvalue weighted by Crippen LogP contribution is -2.27. The minimum atomic E-state index is -0.907. The molecule has 1 rings (SSSR count). The third-order valence-electron chi connectivity index (χ3n) is 2.22. The van der Waals surface area contributed by atoms with Gasteiger partial charge in [0.05, 0.1) is 13.2 Å². The maximum Gasteiger partial charge on any atom is 0.328 e. The molecule has 96 valence electrons. The molecule has 4 nitrogen and oxygen atoms in total. The Morgan fingerprint density at radius 3 is 2.22 bits per heavy atom. The summed E-state index contributed by atoms with van der Waals surface area (Å²) in [5.41, 5.74) is 0.00566. The van der Waals surface area contributed by atoms with E-state index in [0.717, 1.165) is 0 Å². The number of benzene rings is 1. The fraction of sp³-hybridized carbons (Fsp3) is 0.429. The van der Waals surface area contributed by atoms with Crippen molar-refractivity contribution in [3.63, 3.8) is 0 Å². The predicted octanol–water partition coefficient (Wildman–Crippen LogP) is 2.64. The van der Waals surface area contributed by atoms with E-state index in [2.05, 4.69) is 0 Å². The van der Waals surface area contributed by atoms with Crippen LogP contribution in [0, 0.1) is 11.3 Å². The Balaban J connectivity index is 2.89. The van der Waals surface area contributed by atoms with Gasteiger partial charge in [0.15, 0.2) is 5.92 Å². The molecule has 0 N–H and O–H groups in total. The van der Waals surface area contributed by atoms with Crippen molar-refractivity contribution in [2.45, 2.75) is 32.3 Å². The Morgan fingerprint density at radius 2 is 1.83 bits per heavy atom. The van der Waals surface area contributed by atoms with Crippen LogP contribution in [0.4, 0.5) is 0 Å². The monoisotopic (exact) mass is 247 g/mol. The van der Waals surface area contributed by atoms with Crippen molar-refractivity contribution in [3.8, 4) is 11.8 Å². The summed E-state index contributed by atoms with van der Waals surface area (Å²) in [6.45, 7) is 5.31. The van der Waals surface area contributed by atoms with Crippen LogP contribution in [0.3, 0.4) is 0 Å². The van der Waals surface area contributed by atoms with Crippen LogP contribution in [0.25, 0.3) is 0 Å². The van der Waals surface area contributed by atoms with Crippen molar-refractivity contribution in [1.82, 2.24) is 0 Å². The lowest BCUT2D eigenvalue weighted by Gasteiger charge is -2.21. The molecule has 0 aromatic heterocycles. The molecule has 1 aromatic rings. The first-order valence-electron chi connectivity index (χ1n) is 5.64. The topological polar surface area (TPSA) is 59.3 Å². The van der Waals surface area contributed by atoms with Crippen molar-refractivity contribution < 1.29 is 14.3 Å². The second-order valence-corrected chi connectivity index (χ2v) is 4.87. The SMILES string of the molecule is COc1ccc(C(C#N)C(=O)OC(C)(C)C)cc1. The largest absolute Gasteiger partial charge is 0.497 e. The van der Waals surface area contributed by atoms with E-state index in [1.807, 2.05) is 6.07 Å². The fourth-order valence-corrected chi connectivity index (χ4v) is 1.42. The Hall–Kier alpha value is -2.02. The van der Waals surface area contributed by atoms with Crippen LogP contribution in [-0.4, -0.2) is 18.7 Å². The summed E-state index contributed by atoms with van der Waals surface area (Å²) >= 11 is 0. The molecular weight excluding hydrogens is 230 g/mol. The van der Waals surface area contributed by atoms with Gasteiger partial charge in [-0.3, -0.25) is 4.79 Å². The van der Waals surface area contributed by atoms with Gasteiger partial charge in [0.2, 0.25) is 0 Å². The third-order valence-corrected chi connectivity index (χ3v) is 2.22. The molecule has 4 heteroatoms. The van der Waals surface area contributed by atoms with Gasteiger partial charge in [-0.25, -0.2) is 0 Å². The smallest absolute Gasteiger partial charge is 0.328 e. The summed E-state index contributed by atoms with van der Waals surface area (Å²) in [5, 5.41) is 9.09. The number of hydrogen-bond donors (Lipinski definition) is 0. The van der Waals surface area contributed by atoms with Crippen LogP contribution in [0.1, 0.15) is 32.3 Å². The number of ether oxygens (including phenoxy) is 2. The van der Waals surface area contributed by atoms with E-state index in [1.54, 1.807) is 52.1 Å². The van der Waals surface area contributed by atoms with Crippen LogP contribution in [0.2, 0.25) is 0 Å². The van der Waals surface area contributed by atoms with Gasteiger partial charge in [-0.05, 0) is 38.5 Å². The van der Waals surface area contributed by atoms with Gasteiger partial charge in [-0.1, -0.05) is 12.1 Å². The number of hydrogen-bond acceptors (Lipinski definition) is 4. The van der Waals surface area contributed by atoms with Gasteiger partial charge >= 0.3 is 5.97 Å². The van der Waals surface area contributed by atoms with Crippen LogP contribution in [0.15, 0.2) is 24.3 Å². The minimum absolute atomic E-state index is 0.532. The fourth-order valence-electron chi connectivity index (χ4n) is 1.42. The summed E-state index contributed by atoms with van der Waals surface area (Å²) in [6, 6.07) is 8.77. The van der Waals surface area contributed by atoms with E-state index in [-0.39, 0.29) is 0 Å². The number of nitriles is 1. The Kier molecular flexibility index (Phi) is 4.33. The molecule has 0 spiro atoms. The molecule has 0 heterocycles. The highest BCUT2D eigenvalue weighted by Gasteiger charge is 2.26. The van der Waals surface area contributed by atoms with E-state index >= 15 is 0 Å². The number of carbonyl (C=O) groups is 1. The molecule has 18 heavy (non-hydrogen) atoms. The van der Waals surface area contributed by atoms with Crippen molar-refractivity contribution in [2.75, 3.05) is 7.11 Å². The van der Waals surface area contributed by atoms with Gasteiger partial charge in [-0.15, -0.1) is 0 Å². The van der Waals surface area contributed by atoms with Gasteiger partial charge in [0.1, 0.15) is 11.4 Å². The molecule has 1 atom stereocenters. The predicted molar refractivity (Wildman–Crippen MR) is 67.2 cm³/mol. The maximum absolute atomic E-state index is 11.9. The zero-order valence-electron chi connectivity index (χ0n) is 11.1. The van der Waals surface area contributed by atoms with E-state index in [9.17, 15) is 4.79 Å². The molecule has 0 amide bonds. The van der Waals surface area contributed by atoms with Crippen molar-refractivity contribution in [2.24, 2.45) is 0 Å². The molecule has 0 radical (unpaired) electrons. The van der Waals surface area contributed by atoms with Crippen molar-refractivity contribution >= 4 is 5.97 Å². The van der Waals surface area contributed by atoms with Gasteiger partial charge in [-0.2, -0.15) is 5.26 Å². The molecule has 0 aliphatic carbocycles. The normalized spacial score (nSPS) is 12.4. The van der Waals surface area contributed by atoms with Gasteiger partial charge in [0, 0.05) is 0 Å². The summed E-state index contributed by atoms with van der Waals surface area (Å²) in [4.78, 5) is 11.9. The summed E-state index contributed by atoms with van der Waals surface area (Å²) < 4.78 is 10.2. The average molecular weight is 247 g/mol. The minimum Gasteiger partial charge on any atom is -0.497 e. The first-order chi connectivity index (χ1) is 8.37. The molecule has 0 aliphatic heterocycles. The standard InChI is InChI=1S/C14H17NO3/c1-14(2,3)18-13(16)12(9-15)10-5-7-11(17-4)8-6-10/h5-8,12H,1-4H3. The first kappa shape index (κ1) is 14.0. The number of rotatable bonds is 3. The lowest BCUT2D eigenvalue weighted by atomic mass is 10.0. The molecule has 0 saturated carbocycles. The molecule has 0 saturated heterocycles. The quantitative estimate of drug-likeness (QED) is 0.770. The molecule has 1 aromatic carbocycles. The Labute approximate surface area is 107 Å². The highest BCUT2D eigenvalue weighted by atomic mass is 16.6. The lowest BCUT2D eigenvalue weighted by molar-refractivity contribution is -0.155. The number of nitrogens with zero attached hydrogens (tertiary/aromatic N) is 1. The summed E-state index contributed by atoms with van der Waals surface area (Å²) in [5.74, 6) is -0.759. The molecular formula is C14H17NO3. The highest BCUT2D eigenvalue weighted by Crippen LogP contribution is 2.22. The van der Waals surface area contributed by atoms with Gasteiger partial charge < -0.3 is 9.47 Å². The number of carbonyl (C=O) groups excluding carboxylic acids is 1. The van der Waals surface area contributed by atoms with E-state index < -0.39 is 17.5 Å². The Morgan fingerprint density at radius 1 is 1.28 bits per heavy atom. The zero-order chi connectivity index (χ0) is 13.8. The van der Waals surface area contributed by atoms with Crippen LogP contribution in [0.5, 0.6) is 5.75 Å². The Bertz CT molecular complexity index is 451.